The van der Waals surface area contributed by atoms with E-state index in [-0.39, 0.29) is 17.9 Å². The molecule has 1 aliphatic heterocycles. The quantitative estimate of drug-likeness (QED) is 0.663. The molecule has 7 nitrogen and oxygen atoms in total. The molecule has 4 rings (SSSR count). The van der Waals surface area contributed by atoms with Gasteiger partial charge in [0, 0.05) is 35.9 Å². The van der Waals surface area contributed by atoms with E-state index in [0.29, 0.717) is 28.2 Å². The van der Waals surface area contributed by atoms with Crippen LogP contribution in [0.15, 0.2) is 71.2 Å². The summed E-state index contributed by atoms with van der Waals surface area (Å²) in [5.74, 6) is -1.52. The molecule has 32 heavy (non-hydrogen) atoms. The normalized spacial score (nSPS) is 15.7. The van der Waals surface area contributed by atoms with E-state index < -0.39 is 17.6 Å². The number of rotatable bonds is 4. The lowest BCUT2D eigenvalue weighted by Gasteiger charge is -2.24. The van der Waals surface area contributed by atoms with Crippen molar-refractivity contribution in [2.45, 2.75) is 26.2 Å². The predicted octanol–water partition coefficient (Wildman–Crippen LogP) is 3.11. The molecule has 0 radical (unpaired) electrons. The van der Waals surface area contributed by atoms with E-state index in [1.165, 1.54) is 29.1 Å². The molecule has 0 bridgehead atoms. The highest BCUT2D eigenvalue weighted by Gasteiger charge is 2.29. The Balaban J connectivity index is 1.65. The fourth-order valence-corrected chi connectivity index (χ4v) is 3.59. The number of hydrogen-bond donors (Lipinski definition) is 2. The Bertz CT molecular complexity index is 1300. The van der Waals surface area contributed by atoms with Gasteiger partial charge in [-0.3, -0.25) is 14.4 Å². The summed E-state index contributed by atoms with van der Waals surface area (Å²) < 4.78 is 14.6. The molecule has 0 unspecified atom stereocenters. The van der Waals surface area contributed by atoms with E-state index in [0.717, 1.165) is 5.56 Å². The third-order valence-corrected chi connectivity index (χ3v) is 5.34. The van der Waals surface area contributed by atoms with Crippen LogP contribution in [0.1, 0.15) is 29.2 Å². The second kappa shape index (κ2) is 8.58. The molecule has 162 valence electrons. The van der Waals surface area contributed by atoms with Crippen molar-refractivity contribution >= 4 is 17.5 Å². The summed E-state index contributed by atoms with van der Waals surface area (Å²) in [4.78, 5) is 37.3. The number of nitrogens with one attached hydrogen (secondary N) is 2. The standard InChI is InChI=1S/C24H21FN4O3/c1-14-3-9-18(29-23(31)10-4-15(2)28-29)11-21(14)27-24(32)20-13-26-22(30)12-19(20)16-5-7-17(25)8-6-16/h3-11,13,19H,12H2,1-2H3,(H,26,30)(H,27,32)/t19-/m0/s1. The summed E-state index contributed by atoms with van der Waals surface area (Å²) in [6, 6.07) is 14.0. The third-order valence-electron chi connectivity index (χ3n) is 5.34. The second-order valence-electron chi connectivity index (χ2n) is 7.65. The van der Waals surface area contributed by atoms with Crippen LogP contribution in [0.4, 0.5) is 10.1 Å². The minimum Gasteiger partial charge on any atom is -0.332 e. The van der Waals surface area contributed by atoms with Gasteiger partial charge < -0.3 is 10.6 Å². The predicted molar refractivity (Wildman–Crippen MR) is 118 cm³/mol. The topological polar surface area (TPSA) is 93.1 Å². The number of anilines is 1. The fraction of sp³-hybridized carbons (Fsp3) is 0.167. The zero-order valence-corrected chi connectivity index (χ0v) is 17.6. The Kier molecular flexibility index (Phi) is 5.68. The lowest BCUT2D eigenvalue weighted by Crippen LogP contribution is -2.32. The summed E-state index contributed by atoms with van der Waals surface area (Å²) in [6.45, 7) is 3.62. The summed E-state index contributed by atoms with van der Waals surface area (Å²) in [6.07, 6.45) is 1.47. The highest BCUT2D eigenvalue weighted by molar-refractivity contribution is 6.06. The number of benzene rings is 2. The van der Waals surface area contributed by atoms with Crippen LogP contribution in [0, 0.1) is 19.7 Å². The maximum absolute atomic E-state index is 13.3. The van der Waals surface area contributed by atoms with Crippen molar-refractivity contribution in [2.24, 2.45) is 0 Å². The lowest BCUT2D eigenvalue weighted by atomic mass is 9.86. The zero-order chi connectivity index (χ0) is 22.8. The second-order valence-corrected chi connectivity index (χ2v) is 7.65. The first-order valence-electron chi connectivity index (χ1n) is 10.1. The maximum Gasteiger partial charge on any atom is 0.271 e. The highest BCUT2D eigenvalue weighted by atomic mass is 19.1. The summed E-state index contributed by atoms with van der Waals surface area (Å²) in [5.41, 5.74) is 3.24. The Labute approximate surface area is 183 Å². The molecule has 1 aromatic heterocycles. The van der Waals surface area contributed by atoms with Gasteiger partial charge in [-0.1, -0.05) is 18.2 Å². The van der Waals surface area contributed by atoms with Gasteiger partial charge in [0.05, 0.1) is 11.4 Å². The molecule has 0 aliphatic carbocycles. The SMILES string of the molecule is Cc1ccc(=O)n(-c2ccc(C)c(NC(=O)C3=CNC(=O)C[C@H]3c3ccc(F)cc3)c2)n1. The molecule has 0 saturated carbocycles. The molecule has 2 heterocycles. The number of amides is 2. The molecule has 2 amide bonds. The van der Waals surface area contributed by atoms with Crippen LogP contribution in [-0.2, 0) is 9.59 Å². The minimum absolute atomic E-state index is 0.0759. The van der Waals surface area contributed by atoms with Crippen molar-refractivity contribution in [1.82, 2.24) is 15.1 Å². The molecule has 1 atom stereocenters. The number of aromatic nitrogens is 2. The van der Waals surface area contributed by atoms with Gasteiger partial charge in [-0.25, -0.2) is 4.39 Å². The van der Waals surface area contributed by atoms with Crippen LogP contribution in [0.25, 0.3) is 5.69 Å². The number of aryl methyl sites for hydroxylation is 2. The first-order valence-corrected chi connectivity index (χ1v) is 10.1. The van der Waals surface area contributed by atoms with E-state index >= 15 is 0 Å². The van der Waals surface area contributed by atoms with Crippen LogP contribution < -0.4 is 16.2 Å². The van der Waals surface area contributed by atoms with Crippen LogP contribution in [0.2, 0.25) is 0 Å². The molecule has 1 aliphatic rings. The fourth-order valence-electron chi connectivity index (χ4n) is 3.59. The van der Waals surface area contributed by atoms with E-state index in [2.05, 4.69) is 15.7 Å². The van der Waals surface area contributed by atoms with E-state index in [1.807, 2.05) is 6.92 Å². The molecule has 0 fully saturated rings. The van der Waals surface area contributed by atoms with Crippen molar-refractivity contribution in [3.05, 3.63) is 99.4 Å². The molecular weight excluding hydrogens is 411 g/mol. The van der Waals surface area contributed by atoms with Crippen molar-refractivity contribution in [3.63, 3.8) is 0 Å². The van der Waals surface area contributed by atoms with Gasteiger partial charge in [0.25, 0.3) is 11.5 Å². The average Bonchev–Trinajstić information content (AvgIpc) is 2.77. The third kappa shape index (κ3) is 4.34. The van der Waals surface area contributed by atoms with Crippen molar-refractivity contribution < 1.29 is 14.0 Å². The molecular formula is C24H21FN4O3. The monoisotopic (exact) mass is 432 g/mol. The highest BCUT2D eigenvalue weighted by Crippen LogP contribution is 2.31. The maximum atomic E-state index is 13.3. The van der Waals surface area contributed by atoms with Crippen molar-refractivity contribution in [2.75, 3.05) is 5.32 Å². The lowest BCUT2D eigenvalue weighted by molar-refractivity contribution is -0.121. The van der Waals surface area contributed by atoms with Gasteiger partial charge in [-0.15, -0.1) is 0 Å². The van der Waals surface area contributed by atoms with Gasteiger partial charge in [-0.2, -0.15) is 9.78 Å². The molecule has 3 aromatic rings. The number of hydrogen-bond acceptors (Lipinski definition) is 4. The first-order chi connectivity index (χ1) is 15.3. The van der Waals surface area contributed by atoms with Crippen LogP contribution in [-0.4, -0.2) is 21.6 Å². The van der Waals surface area contributed by atoms with Gasteiger partial charge >= 0.3 is 0 Å². The number of halogens is 1. The smallest absolute Gasteiger partial charge is 0.271 e. The molecule has 8 heteroatoms. The largest absolute Gasteiger partial charge is 0.332 e. The van der Waals surface area contributed by atoms with Crippen LogP contribution in [0.5, 0.6) is 0 Å². The zero-order valence-electron chi connectivity index (χ0n) is 17.6. The number of carbonyl (C=O) groups is 2. The molecule has 0 saturated heterocycles. The molecule has 2 N–H and O–H groups in total. The van der Waals surface area contributed by atoms with Crippen LogP contribution >= 0.6 is 0 Å². The van der Waals surface area contributed by atoms with Gasteiger partial charge in [0.2, 0.25) is 5.91 Å². The van der Waals surface area contributed by atoms with Gasteiger partial charge in [0.15, 0.2) is 0 Å². The van der Waals surface area contributed by atoms with E-state index in [9.17, 15) is 18.8 Å². The summed E-state index contributed by atoms with van der Waals surface area (Å²) in [7, 11) is 0. The van der Waals surface area contributed by atoms with E-state index in [1.54, 1.807) is 43.3 Å². The Morgan fingerprint density at radius 1 is 1.09 bits per heavy atom. The average molecular weight is 432 g/mol. The minimum atomic E-state index is -0.506. The first kappa shape index (κ1) is 21.2. The van der Waals surface area contributed by atoms with E-state index in [4.69, 9.17) is 0 Å². The molecule has 2 aromatic carbocycles. The Morgan fingerprint density at radius 2 is 1.84 bits per heavy atom. The number of carbonyl (C=O) groups excluding carboxylic acids is 2. The van der Waals surface area contributed by atoms with Crippen LogP contribution in [0.3, 0.4) is 0 Å². The van der Waals surface area contributed by atoms with Crippen molar-refractivity contribution in [3.8, 4) is 5.69 Å². The van der Waals surface area contributed by atoms with Gasteiger partial charge in [0.1, 0.15) is 5.82 Å². The molecule has 0 spiro atoms. The number of nitrogens with zero attached hydrogens (tertiary/aromatic N) is 2. The van der Waals surface area contributed by atoms with Gasteiger partial charge in [-0.05, 0) is 55.3 Å². The summed E-state index contributed by atoms with van der Waals surface area (Å²) >= 11 is 0. The Hall–Kier alpha value is -4.07. The summed E-state index contributed by atoms with van der Waals surface area (Å²) in [5, 5.41) is 9.71. The van der Waals surface area contributed by atoms with Crippen molar-refractivity contribution in [1.29, 1.82) is 0 Å². The Morgan fingerprint density at radius 3 is 2.59 bits per heavy atom.